The molecule has 4 heterocycles. The number of esters is 1. The number of hydrogen-bond acceptors (Lipinski definition) is 16. The van der Waals surface area contributed by atoms with Gasteiger partial charge in [-0.15, -0.1) is 5.10 Å². The van der Waals surface area contributed by atoms with E-state index in [1.807, 2.05) is 98.0 Å². The number of carbonyl (C=O) groups is 1. The zero-order chi connectivity index (χ0) is 46.6. The number of rotatable bonds is 11. The molecule has 3 fully saturated rings. The molecule has 5 rings (SSSR count). The minimum atomic E-state index is -1.11. The monoisotopic (exact) mass is 892 g/mol. The van der Waals surface area contributed by atoms with Crippen molar-refractivity contribution in [2.75, 3.05) is 55.6 Å². The van der Waals surface area contributed by atoms with E-state index in [9.17, 15) is 20.1 Å². The van der Waals surface area contributed by atoms with Gasteiger partial charge in [-0.3, -0.25) is 4.79 Å². The zero-order valence-electron chi connectivity index (χ0n) is 40.0. The van der Waals surface area contributed by atoms with Crippen LogP contribution in [0, 0.1) is 23.7 Å². The molecule has 17 heteroatoms. The Bertz CT molecular complexity index is 1740. The summed E-state index contributed by atoms with van der Waals surface area (Å²) in [5.41, 5.74) is -0.615. The number of ether oxygens (including phenoxy) is 8. The normalized spacial score (nSPS) is 40.5. The number of hydrogen-bond donors (Lipinski definition) is 3. The maximum absolute atomic E-state index is 14.8. The fraction of sp³-hybridized carbons (Fsp3) is 0.804. The molecule has 63 heavy (non-hydrogen) atoms. The second-order valence-electron chi connectivity index (χ2n) is 19.3. The zero-order valence-corrected chi connectivity index (χ0v) is 40.0. The van der Waals surface area contributed by atoms with E-state index in [4.69, 9.17) is 37.9 Å². The summed E-state index contributed by atoms with van der Waals surface area (Å²) in [5.74, 6) is -1.84. The summed E-state index contributed by atoms with van der Waals surface area (Å²) in [7, 11) is 10.5. The third-order valence-corrected chi connectivity index (χ3v) is 13.9. The molecule has 1 aromatic carbocycles. The Hall–Kier alpha value is -2.81. The third-order valence-electron chi connectivity index (χ3n) is 13.9. The molecule has 358 valence electrons. The number of nitrogens with zero attached hydrogens (tertiary/aromatic N) is 5. The van der Waals surface area contributed by atoms with Crippen LogP contribution in [0.2, 0.25) is 0 Å². The minimum absolute atomic E-state index is 0.164. The molecular weight excluding hydrogens is 815 g/mol. The summed E-state index contributed by atoms with van der Waals surface area (Å²) < 4.78 is 52.3. The number of likely N-dealkylation sites (N-methyl/N-ethyl adjacent to an activating group) is 2. The van der Waals surface area contributed by atoms with E-state index >= 15 is 0 Å². The molecule has 0 aliphatic carbocycles. The van der Waals surface area contributed by atoms with Gasteiger partial charge in [0, 0.05) is 51.3 Å². The molecule has 3 saturated heterocycles. The van der Waals surface area contributed by atoms with Crippen molar-refractivity contribution in [2.24, 2.45) is 23.7 Å². The van der Waals surface area contributed by atoms with Gasteiger partial charge >= 0.3 is 5.97 Å². The quantitative estimate of drug-likeness (QED) is 0.278. The van der Waals surface area contributed by atoms with Crippen molar-refractivity contribution in [2.45, 2.75) is 160 Å². The molecule has 3 aliphatic heterocycles. The van der Waals surface area contributed by atoms with E-state index in [0.29, 0.717) is 31.6 Å². The van der Waals surface area contributed by atoms with E-state index in [2.05, 4.69) is 15.2 Å². The van der Waals surface area contributed by atoms with Crippen LogP contribution in [0.5, 0.6) is 5.75 Å². The van der Waals surface area contributed by atoms with E-state index < -0.39 is 84.3 Å². The Morgan fingerprint density at radius 3 is 2.16 bits per heavy atom. The summed E-state index contributed by atoms with van der Waals surface area (Å²) in [5, 5.41) is 43.6. The predicted octanol–water partition coefficient (Wildman–Crippen LogP) is 3.61. The summed E-state index contributed by atoms with van der Waals surface area (Å²) in [6.07, 6.45) is -5.14. The lowest BCUT2D eigenvalue weighted by atomic mass is 9.75. The molecule has 0 unspecified atom stereocenters. The Morgan fingerprint density at radius 1 is 0.873 bits per heavy atom. The van der Waals surface area contributed by atoms with Gasteiger partial charge in [-0.05, 0) is 105 Å². The van der Waals surface area contributed by atoms with Crippen molar-refractivity contribution in [3.8, 4) is 17.0 Å². The number of benzene rings is 1. The Labute approximate surface area is 374 Å². The highest BCUT2D eigenvalue weighted by Crippen LogP contribution is 2.41. The summed E-state index contributed by atoms with van der Waals surface area (Å²) in [6.45, 7) is 16.2. The number of aliphatic hydroxyl groups is 3. The fourth-order valence-corrected chi connectivity index (χ4v) is 9.95. The highest BCUT2D eigenvalue weighted by molar-refractivity contribution is 5.73. The minimum Gasteiger partial charge on any atom is -0.497 e. The summed E-state index contributed by atoms with van der Waals surface area (Å²) >= 11 is 0. The number of methoxy groups -OCH3 is 3. The number of carbonyl (C=O) groups excluding carboxylic acids is 1. The first kappa shape index (κ1) is 51.2. The van der Waals surface area contributed by atoms with E-state index in [-0.39, 0.29) is 36.9 Å². The fourth-order valence-electron chi connectivity index (χ4n) is 9.95. The smallest absolute Gasteiger partial charge is 0.311 e. The summed E-state index contributed by atoms with van der Waals surface area (Å²) in [6, 6.07) is 7.27. The van der Waals surface area contributed by atoms with Crippen molar-refractivity contribution in [1.29, 1.82) is 0 Å². The number of cyclic esters (lactones) is 1. The molecule has 0 amide bonds. The Morgan fingerprint density at radius 2 is 1.54 bits per heavy atom. The van der Waals surface area contributed by atoms with Crippen LogP contribution in [0.1, 0.15) is 74.7 Å². The molecule has 17 atom stereocenters. The van der Waals surface area contributed by atoms with Gasteiger partial charge in [0.2, 0.25) is 0 Å². The lowest BCUT2D eigenvalue weighted by molar-refractivity contribution is -0.319. The average molecular weight is 892 g/mol. The molecule has 0 bridgehead atoms. The lowest BCUT2D eigenvalue weighted by Crippen LogP contribution is -2.61. The van der Waals surface area contributed by atoms with Crippen molar-refractivity contribution in [3.05, 3.63) is 30.5 Å². The molecule has 0 radical (unpaired) electrons. The van der Waals surface area contributed by atoms with Crippen LogP contribution in [0.4, 0.5) is 0 Å². The highest BCUT2D eigenvalue weighted by Gasteiger charge is 2.52. The second kappa shape index (κ2) is 21.7. The second-order valence-corrected chi connectivity index (χ2v) is 19.3. The van der Waals surface area contributed by atoms with Crippen molar-refractivity contribution < 1.29 is 58.0 Å². The average Bonchev–Trinajstić information content (AvgIpc) is 3.71. The van der Waals surface area contributed by atoms with Gasteiger partial charge in [0.25, 0.3) is 0 Å². The van der Waals surface area contributed by atoms with Gasteiger partial charge in [0.15, 0.2) is 12.6 Å². The van der Waals surface area contributed by atoms with Gasteiger partial charge in [0.05, 0.1) is 67.5 Å². The van der Waals surface area contributed by atoms with Crippen molar-refractivity contribution in [3.63, 3.8) is 0 Å². The lowest BCUT2D eigenvalue weighted by Gasteiger charge is -2.49. The maximum Gasteiger partial charge on any atom is 0.311 e. The van der Waals surface area contributed by atoms with Crippen LogP contribution in [-0.4, -0.2) is 180 Å². The first-order chi connectivity index (χ1) is 29.6. The standard InChI is InChI=1S/C46H77N5O12/c1-26-20-46(8,58-14)42(63-44-39(53)36(49(9)10)19-28(3)59-44)29(4)40(62-37-21-45(7,57-13)41(54)31(6)60-37)30(5)43(55)61-34(23-50(11)22-27(2)38(26)52)24-51-25-35(47-48-51)32-15-17-33(56-12)18-16-32/h15-18,25-31,34,36-42,44,52-54H,19-24H2,1-14H3/t26-,27-,28-,29+,30-,31+,34-,36+,37+,38+,39-,40+,41+,42-,44+,45-,46-/m1/s1. The van der Waals surface area contributed by atoms with Gasteiger partial charge < -0.3 is 63.0 Å². The van der Waals surface area contributed by atoms with Crippen LogP contribution in [0.3, 0.4) is 0 Å². The largest absolute Gasteiger partial charge is 0.497 e. The van der Waals surface area contributed by atoms with E-state index in [1.54, 1.807) is 39.9 Å². The molecule has 0 saturated carbocycles. The van der Waals surface area contributed by atoms with Gasteiger partial charge in [-0.2, -0.15) is 0 Å². The Kier molecular flexibility index (Phi) is 17.6. The molecule has 3 N–H and O–H groups in total. The molecule has 1 aromatic heterocycles. The van der Waals surface area contributed by atoms with Crippen LogP contribution < -0.4 is 4.74 Å². The predicted molar refractivity (Wildman–Crippen MR) is 235 cm³/mol. The van der Waals surface area contributed by atoms with Crippen molar-refractivity contribution in [1.82, 2.24) is 24.8 Å². The molecule has 2 aromatic rings. The SMILES string of the molecule is COc1ccc(-c2cn(C[C@H]3CN(C)C[C@@H](C)[C@@H](O)[C@H](C)C[C@@](C)(OC)[C@H](O[C@@H]4O[C@H](C)C[C@H](N(C)C)[C@H]4O)[C@@H](C)[C@H](O[C@H]4C[C@@](C)(OC)[C@@H](O)[C@H](C)O4)[C@@H](C)C(=O)O3)nn2)cc1. The first-order valence-corrected chi connectivity index (χ1v) is 22.5. The molecule has 3 aliphatic rings. The van der Waals surface area contributed by atoms with Crippen LogP contribution >= 0.6 is 0 Å². The van der Waals surface area contributed by atoms with Gasteiger partial charge in [0.1, 0.15) is 29.8 Å². The van der Waals surface area contributed by atoms with Gasteiger partial charge in [-0.1, -0.05) is 26.0 Å². The maximum atomic E-state index is 14.8. The summed E-state index contributed by atoms with van der Waals surface area (Å²) in [4.78, 5) is 18.8. The van der Waals surface area contributed by atoms with Crippen molar-refractivity contribution >= 4 is 5.97 Å². The molecule has 0 spiro atoms. The van der Waals surface area contributed by atoms with Crippen LogP contribution in [-0.2, 0) is 44.5 Å². The van der Waals surface area contributed by atoms with Crippen LogP contribution in [0.15, 0.2) is 30.5 Å². The molecule has 17 nitrogen and oxygen atoms in total. The highest BCUT2D eigenvalue weighted by atomic mass is 16.7. The van der Waals surface area contributed by atoms with E-state index in [0.717, 1.165) is 11.3 Å². The van der Waals surface area contributed by atoms with Crippen LogP contribution in [0.25, 0.3) is 11.3 Å². The molecular formula is C46H77N5O12. The van der Waals surface area contributed by atoms with Gasteiger partial charge in [-0.25, -0.2) is 4.68 Å². The number of aliphatic hydroxyl groups excluding tert-OH is 3. The number of aromatic nitrogens is 3. The first-order valence-electron chi connectivity index (χ1n) is 22.5. The topological polar surface area (TPSA) is 189 Å². The van der Waals surface area contributed by atoms with E-state index in [1.165, 1.54) is 0 Å². The third kappa shape index (κ3) is 12.2. The Balaban J connectivity index is 1.57.